The molecule has 2 aromatic heterocycles. The van der Waals surface area contributed by atoms with Gasteiger partial charge in [-0.25, -0.2) is 0 Å². The maximum absolute atomic E-state index is 4.42. The molecule has 0 aliphatic rings. The molecule has 0 bridgehead atoms. The van der Waals surface area contributed by atoms with Gasteiger partial charge in [0.15, 0.2) is 0 Å². The minimum Gasteiger partial charge on any atom is -0.256 e. The number of benzene rings is 1. The predicted molar refractivity (Wildman–Crippen MR) is 89.1 cm³/mol. The van der Waals surface area contributed by atoms with Gasteiger partial charge in [0.05, 0.1) is 11.7 Å². The number of hydrogen-bond donors (Lipinski definition) is 0. The first-order valence-electron chi connectivity index (χ1n) is 7.62. The zero-order chi connectivity index (χ0) is 15.7. The number of fused-ring (bicyclic) bond motifs is 1. The van der Waals surface area contributed by atoms with Crippen LogP contribution in [-0.4, -0.2) is 20.0 Å². The van der Waals surface area contributed by atoms with Gasteiger partial charge in [0.2, 0.25) is 0 Å². The second-order valence-corrected chi connectivity index (χ2v) is 3.88. The fourth-order valence-corrected chi connectivity index (χ4v) is 1.80. The highest BCUT2D eigenvalue weighted by Gasteiger charge is 2.04. The van der Waals surface area contributed by atoms with Crippen LogP contribution in [0.1, 0.15) is 34.6 Å². The first kappa shape index (κ1) is 16.8. The molecule has 0 fully saturated rings. The summed E-state index contributed by atoms with van der Waals surface area (Å²) in [6.45, 7) is 10.9. The van der Waals surface area contributed by atoms with Crippen molar-refractivity contribution in [3.05, 3.63) is 42.7 Å². The highest BCUT2D eigenvalue weighted by Crippen LogP contribution is 2.20. The van der Waals surface area contributed by atoms with Gasteiger partial charge in [0.25, 0.3) is 0 Å². The monoisotopic (exact) mass is 284 g/mol. The molecule has 0 atom stereocenters. The minimum absolute atomic E-state index is 0.827. The summed E-state index contributed by atoms with van der Waals surface area (Å²) in [6, 6.07) is 10.1. The molecule has 1 aromatic carbocycles. The van der Waals surface area contributed by atoms with Crippen molar-refractivity contribution in [2.24, 2.45) is 0 Å². The highest BCUT2D eigenvalue weighted by molar-refractivity contribution is 5.82. The van der Waals surface area contributed by atoms with E-state index in [-0.39, 0.29) is 0 Å². The summed E-state index contributed by atoms with van der Waals surface area (Å²) in [6.07, 6.45) is 3.78. The molecular formula is C17H24N4. The Morgan fingerprint density at radius 3 is 2.43 bits per heavy atom. The van der Waals surface area contributed by atoms with E-state index in [1.807, 2.05) is 69.9 Å². The molecule has 112 valence electrons. The van der Waals surface area contributed by atoms with Crippen LogP contribution in [0.2, 0.25) is 0 Å². The number of aromatic nitrogens is 4. The molecule has 3 aromatic rings. The van der Waals surface area contributed by atoms with Crippen molar-refractivity contribution in [2.45, 2.75) is 41.2 Å². The SMILES string of the molecule is CC.CC.CCn1cc(-c2cnc3ccccc3c2)nn1. The van der Waals surface area contributed by atoms with E-state index in [0.717, 1.165) is 28.7 Å². The van der Waals surface area contributed by atoms with Gasteiger partial charge < -0.3 is 0 Å². The Bertz CT molecular complexity index is 658. The normalized spacial score (nSPS) is 9.38. The second kappa shape index (κ2) is 8.84. The maximum Gasteiger partial charge on any atom is 0.114 e. The number of nitrogens with zero attached hydrogens (tertiary/aromatic N) is 4. The summed E-state index contributed by atoms with van der Waals surface area (Å²) in [5, 5.41) is 9.29. The third-order valence-electron chi connectivity index (χ3n) is 2.75. The zero-order valence-electron chi connectivity index (χ0n) is 13.5. The molecule has 4 nitrogen and oxygen atoms in total. The summed E-state index contributed by atoms with van der Waals surface area (Å²) < 4.78 is 1.81. The minimum atomic E-state index is 0.827. The third-order valence-corrected chi connectivity index (χ3v) is 2.75. The van der Waals surface area contributed by atoms with Crippen molar-refractivity contribution in [1.82, 2.24) is 20.0 Å². The van der Waals surface area contributed by atoms with Crippen molar-refractivity contribution in [3.63, 3.8) is 0 Å². The number of rotatable bonds is 2. The quantitative estimate of drug-likeness (QED) is 0.692. The van der Waals surface area contributed by atoms with E-state index < -0.39 is 0 Å². The van der Waals surface area contributed by atoms with E-state index >= 15 is 0 Å². The van der Waals surface area contributed by atoms with E-state index in [1.54, 1.807) is 0 Å². The van der Waals surface area contributed by atoms with Crippen LogP contribution >= 0.6 is 0 Å². The Morgan fingerprint density at radius 1 is 1.05 bits per heavy atom. The average molecular weight is 284 g/mol. The van der Waals surface area contributed by atoms with Gasteiger partial charge in [-0.15, -0.1) is 5.10 Å². The predicted octanol–water partition coefficient (Wildman–Crippen LogP) is 4.57. The third kappa shape index (κ3) is 4.12. The topological polar surface area (TPSA) is 43.6 Å². The van der Waals surface area contributed by atoms with Crippen LogP contribution in [0, 0.1) is 0 Å². The van der Waals surface area contributed by atoms with Crippen LogP contribution < -0.4 is 0 Å². The Hall–Kier alpha value is -2.23. The van der Waals surface area contributed by atoms with Crippen LogP contribution in [-0.2, 0) is 6.54 Å². The smallest absolute Gasteiger partial charge is 0.114 e. The summed E-state index contributed by atoms with van der Waals surface area (Å²) in [5.41, 5.74) is 2.87. The number of hydrogen-bond acceptors (Lipinski definition) is 3. The molecule has 3 rings (SSSR count). The van der Waals surface area contributed by atoms with Crippen molar-refractivity contribution < 1.29 is 0 Å². The van der Waals surface area contributed by atoms with E-state index in [0.29, 0.717) is 0 Å². The Balaban J connectivity index is 0.000000510. The lowest BCUT2D eigenvalue weighted by atomic mass is 10.1. The molecular weight excluding hydrogens is 260 g/mol. The molecule has 0 N–H and O–H groups in total. The van der Waals surface area contributed by atoms with Crippen LogP contribution in [0.15, 0.2) is 42.7 Å². The van der Waals surface area contributed by atoms with E-state index in [4.69, 9.17) is 0 Å². The molecule has 0 spiro atoms. The van der Waals surface area contributed by atoms with Crippen molar-refractivity contribution in [2.75, 3.05) is 0 Å². The second-order valence-electron chi connectivity index (χ2n) is 3.88. The van der Waals surface area contributed by atoms with Crippen molar-refractivity contribution >= 4 is 10.9 Å². The lowest BCUT2D eigenvalue weighted by Crippen LogP contribution is -1.93. The molecule has 0 radical (unpaired) electrons. The molecule has 0 amide bonds. The fourth-order valence-electron chi connectivity index (χ4n) is 1.80. The van der Waals surface area contributed by atoms with Gasteiger partial charge in [-0.3, -0.25) is 9.67 Å². The summed E-state index contributed by atoms with van der Waals surface area (Å²) in [4.78, 5) is 4.42. The molecule has 2 heterocycles. The number of para-hydroxylation sites is 1. The van der Waals surface area contributed by atoms with E-state index in [1.165, 1.54) is 0 Å². The summed E-state index contributed by atoms with van der Waals surface area (Å²) in [5.74, 6) is 0. The molecule has 0 aliphatic heterocycles. The van der Waals surface area contributed by atoms with Crippen LogP contribution in [0.3, 0.4) is 0 Å². The lowest BCUT2D eigenvalue weighted by Gasteiger charge is -1.99. The average Bonchev–Trinajstić information content (AvgIpc) is 3.07. The van der Waals surface area contributed by atoms with Gasteiger partial charge in [-0.05, 0) is 19.1 Å². The standard InChI is InChI=1S/C13H12N4.2C2H6/c1-2-17-9-13(15-16-17)11-7-10-5-3-4-6-12(10)14-8-11;2*1-2/h3-9H,2H2,1H3;2*1-2H3. The maximum atomic E-state index is 4.42. The first-order chi connectivity index (χ1) is 10.4. The summed E-state index contributed by atoms with van der Waals surface area (Å²) >= 11 is 0. The van der Waals surface area contributed by atoms with Gasteiger partial charge in [0.1, 0.15) is 5.69 Å². The Kier molecular flexibility index (Phi) is 7.09. The number of pyridine rings is 1. The van der Waals surface area contributed by atoms with Gasteiger partial charge in [0, 0.05) is 23.7 Å². The molecule has 21 heavy (non-hydrogen) atoms. The van der Waals surface area contributed by atoms with Gasteiger partial charge >= 0.3 is 0 Å². The molecule has 4 heteroatoms. The van der Waals surface area contributed by atoms with E-state index in [9.17, 15) is 0 Å². The van der Waals surface area contributed by atoms with Crippen molar-refractivity contribution in [3.8, 4) is 11.3 Å². The lowest BCUT2D eigenvalue weighted by molar-refractivity contribution is 0.627. The summed E-state index contributed by atoms with van der Waals surface area (Å²) in [7, 11) is 0. The van der Waals surface area contributed by atoms with Gasteiger partial charge in [-0.2, -0.15) is 0 Å². The van der Waals surface area contributed by atoms with Crippen molar-refractivity contribution in [1.29, 1.82) is 0 Å². The fraction of sp³-hybridized carbons (Fsp3) is 0.353. The largest absolute Gasteiger partial charge is 0.256 e. The molecule has 0 saturated heterocycles. The molecule has 0 aliphatic carbocycles. The molecule has 0 unspecified atom stereocenters. The Labute approximate surface area is 126 Å². The zero-order valence-corrected chi connectivity index (χ0v) is 13.5. The Morgan fingerprint density at radius 2 is 1.76 bits per heavy atom. The van der Waals surface area contributed by atoms with Crippen LogP contribution in [0.25, 0.3) is 22.2 Å². The van der Waals surface area contributed by atoms with Gasteiger partial charge in [-0.1, -0.05) is 51.1 Å². The highest BCUT2D eigenvalue weighted by atomic mass is 15.4. The van der Waals surface area contributed by atoms with Crippen LogP contribution in [0.4, 0.5) is 0 Å². The number of aryl methyl sites for hydroxylation is 1. The van der Waals surface area contributed by atoms with Crippen LogP contribution in [0.5, 0.6) is 0 Å². The van der Waals surface area contributed by atoms with E-state index in [2.05, 4.69) is 27.4 Å². The first-order valence-corrected chi connectivity index (χ1v) is 7.62. The molecule has 0 saturated carbocycles.